The number of hydrogen-bond acceptors (Lipinski definition) is 5. The Morgan fingerprint density at radius 1 is 0.804 bits per heavy atom. The van der Waals surface area contributed by atoms with Crippen molar-refractivity contribution in [2.75, 3.05) is 0 Å². The normalized spacial score (nSPS) is 12.2. The van der Waals surface area contributed by atoms with Gasteiger partial charge in [0.25, 0.3) is 0 Å². The van der Waals surface area contributed by atoms with Crippen LogP contribution in [0.25, 0.3) is 10.9 Å². The molecule has 46 heavy (non-hydrogen) atoms. The quantitative estimate of drug-likeness (QED) is 0.148. The van der Waals surface area contributed by atoms with E-state index in [0.29, 0.717) is 36.3 Å². The van der Waals surface area contributed by atoms with Gasteiger partial charge in [-0.25, -0.2) is 0 Å². The number of benzene rings is 4. The van der Waals surface area contributed by atoms with Gasteiger partial charge in [0.1, 0.15) is 5.82 Å². The number of nitrogens with one attached hydrogen (secondary N) is 2. The first kappa shape index (κ1) is 30.7. The third-order valence-electron chi connectivity index (χ3n) is 8.23. The van der Waals surface area contributed by atoms with Gasteiger partial charge in [0.15, 0.2) is 11.6 Å². The first-order valence-corrected chi connectivity index (χ1v) is 15.6. The number of para-hydroxylation sites is 1. The summed E-state index contributed by atoms with van der Waals surface area (Å²) in [4.78, 5) is 29.7. The Labute approximate surface area is 268 Å². The fourth-order valence-electron chi connectivity index (χ4n) is 5.64. The second kappa shape index (κ2) is 13.3. The second-order valence-electron chi connectivity index (χ2n) is 12.2. The highest BCUT2D eigenvalue weighted by atomic mass is 16.2. The molecule has 0 aliphatic carbocycles. The summed E-state index contributed by atoms with van der Waals surface area (Å²) in [6, 6.07) is 34.8. The molecule has 0 saturated carbocycles. The van der Waals surface area contributed by atoms with Crippen LogP contribution in [0.15, 0.2) is 115 Å². The molecule has 8 heteroatoms. The average Bonchev–Trinajstić information content (AvgIpc) is 3.67. The van der Waals surface area contributed by atoms with Gasteiger partial charge in [-0.1, -0.05) is 103 Å². The first-order valence-electron chi connectivity index (χ1n) is 15.6. The number of hydrogen-bond donors (Lipinski definition) is 3. The minimum atomic E-state index is -1.08. The van der Waals surface area contributed by atoms with Gasteiger partial charge in [-0.15, -0.1) is 10.2 Å². The van der Waals surface area contributed by atoms with Gasteiger partial charge in [-0.3, -0.25) is 9.59 Å². The topological polar surface area (TPSA) is 119 Å². The van der Waals surface area contributed by atoms with Crippen LogP contribution in [0, 0.1) is 0 Å². The molecule has 0 fully saturated rings. The summed E-state index contributed by atoms with van der Waals surface area (Å²) in [6.45, 7) is 3.86. The van der Waals surface area contributed by atoms with Crippen molar-refractivity contribution in [1.29, 1.82) is 0 Å². The number of nitrogens with two attached hydrogens (primary N) is 1. The Morgan fingerprint density at radius 2 is 1.46 bits per heavy atom. The van der Waals surface area contributed by atoms with Gasteiger partial charge in [0, 0.05) is 41.1 Å². The second-order valence-corrected chi connectivity index (χ2v) is 12.2. The molecule has 0 aliphatic rings. The lowest BCUT2D eigenvalue weighted by Gasteiger charge is -2.25. The van der Waals surface area contributed by atoms with E-state index in [2.05, 4.69) is 38.2 Å². The summed E-state index contributed by atoms with van der Waals surface area (Å²) in [7, 11) is 0. The lowest BCUT2D eigenvalue weighted by atomic mass is 10.0. The summed E-state index contributed by atoms with van der Waals surface area (Å²) < 4.78 is 2.10. The molecular formula is C38H38N6O2. The number of ketones is 1. The summed E-state index contributed by atoms with van der Waals surface area (Å²) in [6.07, 6.45) is 3.93. The van der Waals surface area contributed by atoms with Crippen LogP contribution in [-0.2, 0) is 30.6 Å². The van der Waals surface area contributed by atoms with Crippen molar-refractivity contribution in [3.8, 4) is 0 Å². The first-order chi connectivity index (χ1) is 22.3. The average molecular weight is 611 g/mol. The van der Waals surface area contributed by atoms with E-state index in [1.807, 2.05) is 97.2 Å². The standard InChI is InChI=1S/C38H38N6O2/c1-38(2,39)37(46)41-33(23-30-24-40-32-16-10-9-15-31(30)32)36-43-42-34(22-19-26-11-5-3-6-12-26)44(36)25-27-17-20-29(21-18-27)35(45)28-13-7-4-8-14-28/h3-18,20-21,24,33,40H,19,22-23,25,39H2,1-2H3,(H,41,46). The van der Waals surface area contributed by atoms with Crippen LogP contribution in [0.4, 0.5) is 0 Å². The molecular weight excluding hydrogens is 572 g/mol. The number of aryl methyl sites for hydroxylation is 2. The van der Waals surface area contributed by atoms with Gasteiger partial charge >= 0.3 is 0 Å². The number of aromatic amines is 1. The fourth-order valence-corrected chi connectivity index (χ4v) is 5.64. The Bertz CT molecular complexity index is 1940. The third kappa shape index (κ3) is 6.98. The molecule has 6 rings (SSSR count). The van der Waals surface area contributed by atoms with Gasteiger partial charge in [-0.2, -0.15) is 0 Å². The Hall–Kier alpha value is -5.34. The van der Waals surface area contributed by atoms with E-state index < -0.39 is 11.6 Å². The van der Waals surface area contributed by atoms with Crippen molar-refractivity contribution < 1.29 is 9.59 Å². The molecule has 2 heterocycles. The Kier molecular flexibility index (Phi) is 8.90. The molecule has 1 unspecified atom stereocenters. The predicted octanol–water partition coefficient (Wildman–Crippen LogP) is 5.96. The van der Waals surface area contributed by atoms with E-state index in [0.717, 1.165) is 34.3 Å². The zero-order valence-electron chi connectivity index (χ0n) is 26.1. The molecule has 4 N–H and O–H groups in total. The van der Waals surface area contributed by atoms with E-state index in [1.165, 1.54) is 5.56 Å². The number of amides is 1. The SMILES string of the molecule is CC(C)(N)C(=O)NC(Cc1c[nH]c2ccccc12)c1nnc(CCc2ccccc2)n1Cc1ccc(C(=O)c2ccccc2)cc1. The van der Waals surface area contributed by atoms with Crippen molar-refractivity contribution >= 4 is 22.6 Å². The van der Waals surface area contributed by atoms with Crippen LogP contribution in [-0.4, -0.2) is 37.0 Å². The van der Waals surface area contributed by atoms with Crippen molar-refractivity contribution in [2.24, 2.45) is 5.73 Å². The molecule has 232 valence electrons. The number of carbonyl (C=O) groups excluding carboxylic acids is 2. The number of aromatic nitrogens is 4. The highest BCUT2D eigenvalue weighted by Gasteiger charge is 2.29. The molecule has 4 aromatic carbocycles. The van der Waals surface area contributed by atoms with E-state index in [1.54, 1.807) is 13.8 Å². The van der Waals surface area contributed by atoms with E-state index in [-0.39, 0.29) is 11.7 Å². The van der Waals surface area contributed by atoms with Crippen LogP contribution < -0.4 is 11.1 Å². The number of H-pyrrole nitrogens is 1. The van der Waals surface area contributed by atoms with Crippen LogP contribution in [0.5, 0.6) is 0 Å². The zero-order chi connectivity index (χ0) is 32.1. The molecule has 1 atom stereocenters. The lowest BCUT2D eigenvalue weighted by molar-refractivity contribution is -0.126. The highest BCUT2D eigenvalue weighted by molar-refractivity contribution is 6.08. The van der Waals surface area contributed by atoms with Crippen molar-refractivity contribution in [2.45, 2.75) is 51.2 Å². The van der Waals surface area contributed by atoms with Gasteiger partial charge in [0.2, 0.25) is 5.91 Å². The molecule has 8 nitrogen and oxygen atoms in total. The van der Waals surface area contributed by atoms with Gasteiger partial charge in [-0.05, 0) is 43.0 Å². The molecule has 0 saturated heterocycles. The van der Waals surface area contributed by atoms with Crippen molar-refractivity contribution in [3.63, 3.8) is 0 Å². The van der Waals surface area contributed by atoms with Crippen LogP contribution >= 0.6 is 0 Å². The molecule has 6 aromatic rings. The molecule has 0 aliphatic heterocycles. The number of carbonyl (C=O) groups is 2. The molecule has 0 radical (unpaired) electrons. The smallest absolute Gasteiger partial charge is 0.240 e. The summed E-state index contributed by atoms with van der Waals surface area (Å²) in [5, 5.41) is 13.6. The fraction of sp³-hybridized carbons (Fsp3) is 0.211. The van der Waals surface area contributed by atoms with Crippen molar-refractivity contribution in [3.05, 3.63) is 155 Å². The Morgan fingerprint density at radius 3 is 2.17 bits per heavy atom. The summed E-state index contributed by atoms with van der Waals surface area (Å²) in [5.41, 5.74) is 10.7. The summed E-state index contributed by atoms with van der Waals surface area (Å²) >= 11 is 0. The van der Waals surface area contributed by atoms with Crippen LogP contribution in [0.2, 0.25) is 0 Å². The Balaban J connectivity index is 1.35. The maximum Gasteiger partial charge on any atom is 0.240 e. The lowest BCUT2D eigenvalue weighted by Crippen LogP contribution is -2.50. The van der Waals surface area contributed by atoms with Crippen molar-refractivity contribution in [1.82, 2.24) is 25.1 Å². The van der Waals surface area contributed by atoms with E-state index in [4.69, 9.17) is 10.8 Å². The molecule has 0 spiro atoms. The minimum absolute atomic E-state index is 0.0217. The highest BCUT2D eigenvalue weighted by Crippen LogP contribution is 2.26. The monoisotopic (exact) mass is 610 g/mol. The maximum absolute atomic E-state index is 13.3. The molecule has 1 amide bonds. The molecule has 0 bridgehead atoms. The number of rotatable bonds is 12. The van der Waals surface area contributed by atoms with E-state index >= 15 is 0 Å². The van der Waals surface area contributed by atoms with Gasteiger partial charge < -0.3 is 20.6 Å². The zero-order valence-corrected chi connectivity index (χ0v) is 26.1. The van der Waals surface area contributed by atoms with Gasteiger partial charge in [0.05, 0.1) is 18.1 Å². The largest absolute Gasteiger partial charge is 0.361 e. The van der Waals surface area contributed by atoms with Crippen LogP contribution in [0.3, 0.4) is 0 Å². The maximum atomic E-state index is 13.3. The predicted molar refractivity (Wildman–Crippen MR) is 180 cm³/mol. The van der Waals surface area contributed by atoms with E-state index in [9.17, 15) is 9.59 Å². The van der Waals surface area contributed by atoms with Crippen LogP contribution in [0.1, 0.15) is 64.1 Å². The molecule has 2 aromatic heterocycles. The minimum Gasteiger partial charge on any atom is -0.361 e. The third-order valence-corrected chi connectivity index (χ3v) is 8.23. The number of fused-ring (bicyclic) bond motifs is 1. The number of nitrogens with zero attached hydrogens (tertiary/aromatic N) is 3. The summed E-state index contributed by atoms with van der Waals surface area (Å²) in [5.74, 6) is 1.16.